The van der Waals surface area contributed by atoms with E-state index in [-0.39, 0.29) is 18.7 Å². The van der Waals surface area contributed by atoms with Crippen LogP contribution in [0.4, 0.5) is 14.9 Å². The number of carboxylic acid groups (broad SMARTS) is 1. The standard InChI is InChI=1S/C13H15FN2O4/c1-15(10-5-3-2-4-9(10)14)13(20)16-7-8(17)6-11(16)12(18)19/h2-5,8,11,17H,6-7H2,1H3,(H,18,19)/t8-,11+/m1/s1. The minimum absolute atomic E-state index is 0.0216. The Hall–Kier alpha value is -2.15. The number of urea groups is 1. The highest BCUT2D eigenvalue weighted by Gasteiger charge is 2.40. The van der Waals surface area contributed by atoms with E-state index in [0.717, 1.165) is 9.80 Å². The van der Waals surface area contributed by atoms with Crippen molar-refractivity contribution in [2.24, 2.45) is 0 Å². The molecule has 2 atom stereocenters. The number of carbonyl (C=O) groups is 2. The molecule has 1 heterocycles. The van der Waals surface area contributed by atoms with Gasteiger partial charge >= 0.3 is 12.0 Å². The summed E-state index contributed by atoms with van der Waals surface area (Å²) in [4.78, 5) is 25.4. The summed E-state index contributed by atoms with van der Waals surface area (Å²) in [6, 6.07) is 3.97. The van der Waals surface area contributed by atoms with Gasteiger partial charge in [0.2, 0.25) is 0 Å². The molecule has 0 saturated carbocycles. The normalized spacial score (nSPS) is 21.9. The second-order valence-corrected chi connectivity index (χ2v) is 4.69. The number of aliphatic hydroxyl groups is 1. The van der Waals surface area contributed by atoms with Crippen molar-refractivity contribution in [3.05, 3.63) is 30.1 Å². The van der Waals surface area contributed by atoms with E-state index in [1.165, 1.54) is 25.2 Å². The smallest absolute Gasteiger partial charge is 0.326 e. The van der Waals surface area contributed by atoms with Gasteiger partial charge in [0.15, 0.2) is 0 Å². The van der Waals surface area contributed by atoms with Gasteiger partial charge in [0, 0.05) is 20.0 Å². The first-order valence-electron chi connectivity index (χ1n) is 6.11. The van der Waals surface area contributed by atoms with Gasteiger partial charge in [-0.25, -0.2) is 14.0 Å². The topological polar surface area (TPSA) is 81.1 Å². The van der Waals surface area contributed by atoms with Crippen LogP contribution in [-0.2, 0) is 4.79 Å². The number of benzene rings is 1. The van der Waals surface area contributed by atoms with Crippen LogP contribution in [0, 0.1) is 5.82 Å². The minimum atomic E-state index is -1.18. The molecule has 0 spiro atoms. The molecule has 0 radical (unpaired) electrons. The zero-order valence-electron chi connectivity index (χ0n) is 10.9. The maximum Gasteiger partial charge on any atom is 0.326 e. The van der Waals surface area contributed by atoms with Gasteiger partial charge < -0.3 is 15.1 Å². The van der Waals surface area contributed by atoms with Crippen molar-refractivity contribution in [2.45, 2.75) is 18.6 Å². The molecule has 0 aromatic heterocycles. The average molecular weight is 282 g/mol. The lowest BCUT2D eigenvalue weighted by molar-refractivity contribution is -0.141. The van der Waals surface area contributed by atoms with E-state index in [1.807, 2.05) is 0 Å². The third kappa shape index (κ3) is 2.57. The van der Waals surface area contributed by atoms with E-state index in [4.69, 9.17) is 5.11 Å². The van der Waals surface area contributed by atoms with E-state index in [0.29, 0.717) is 0 Å². The molecular weight excluding hydrogens is 267 g/mol. The molecule has 1 aromatic rings. The Morgan fingerprint density at radius 1 is 1.40 bits per heavy atom. The molecule has 20 heavy (non-hydrogen) atoms. The fourth-order valence-electron chi connectivity index (χ4n) is 2.28. The molecular formula is C13H15FN2O4. The largest absolute Gasteiger partial charge is 0.480 e. The van der Waals surface area contributed by atoms with Crippen LogP contribution in [0.15, 0.2) is 24.3 Å². The van der Waals surface area contributed by atoms with Crippen LogP contribution in [0.2, 0.25) is 0 Å². The van der Waals surface area contributed by atoms with Gasteiger partial charge in [-0.05, 0) is 12.1 Å². The summed E-state index contributed by atoms with van der Waals surface area (Å²) in [5, 5.41) is 18.6. The van der Waals surface area contributed by atoms with Crippen LogP contribution in [0.25, 0.3) is 0 Å². The van der Waals surface area contributed by atoms with Gasteiger partial charge in [-0.1, -0.05) is 12.1 Å². The Kier molecular flexibility index (Phi) is 3.89. The van der Waals surface area contributed by atoms with E-state index >= 15 is 0 Å². The van der Waals surface area contributed by atoms with Crippen LogP contribution >= 0.6 is 0 Å². The van der Waals surface area contributed by atoms with Crippen LogP contribution in [0.5, 0.6) is 0 Å². The maximum atomic E-state index is 13.6. The summed E-state index contributed by atoms with van der Waals surface area (Å²) >= 11 is 0. The first-order chi connectivity index (χ1) is 9.41. The molecule has 2 amide bonds. The molecule has 0 unspecified atom stereocenters. The minimum Gasteiger partial charge on any atom is -0.480 e. The van der Waals surface area contributed by atoms with Gasteiger partial charge in [-0.15, -0.1) is 0 Å². The molecule has 1 aromatic carbocycles. The van der Waals surface area contributed by atoms with Crippen LogP contribution in [-0.4, -0.2) is 52.9 Å². The van der Waals surface area contributed by atoms with Gasteiger partial charge in [0.1, 0.15) is 11.9 Å². The molecule has 2 rings (SSSR count). The van der Waals surface area contributed by atoms with Gasteiger partial charge in [-0.3, -0.25) is 4.90 Å². The number of β-amino-alcohol motifs (C(OH)–C–C–N with tert-alkyl or cyclic N) is 1. The molecule has 7 heteroatoms. The van der Waals surface area contributed by atoms with Gasteiger partial charge in [0.05, 0.1) is 11.8 Å². The van der Waals surface area contributed by atoms with E-state index in [2.05, 4.69) is 0 Å². The summed E-state index contributed by atoms with van der Waals surface area (Å²) in [6.45, 7) is -0.0748. The SMILES string of the molecule is CN(C(=O)N1C[C@H](O)C[C@H]1C(=O)O)c1ccccc1F. The number of anilines is 1. The number of amides is 2. The van der Waals surface area contributed by atoms with E-state index in [9.17, 15) is 19.1 Å². The number of hydrogen-bond acceptors (Lipinski definition) is 3. The first kappa shape index (κ1) is 14.3. The molecule has 0 aliphatic carbocycles. The summed E-state index contributed by atoms with van der Waals surface area (Å²) in [5.41, 5.74) is 0.0584. The number of hydrogen-bond donors (Lipinski definition) is 2. The monoisotopic (exact) mass is 282 g/mol. The number of aliphatic hydroxyl groups excluding tert-OH is 1. The summed E-state index contributed by atoms with van der Waals surface area (Å²) in [5.74, 6) is -1.76. The highest BCUT2D eigenvalue weighted by molar-refractivity contribution is 5.94. The Morgan fingerprint density at radius 3 is 2.65 bits per heavy atom. The van der Waals surface area contributed by atoms with Crippen LogP contribution in [0.3, 0.4) is 0 Å². The van der Waals surface area contributed by atoms with Gasteiger partial charge in [-0.2, -0.15) is 0 Å². The third-order valence-corrected chi connectivity index (χ3v) is 3.31. The molecule has 108 valence electrons. The quantitative estimate of drug-likeness (QED) is 0.844. The number of carbonyl (C=O) groups excluding carboxylic acids is 1. The van der Waals surface area contributed by atoms with Crippen molar-refractivity contribution in [2.75, 3.05) is 18.5 Å². The predicted octanol–water partition coefficient (Wildman–Crippen LogP) is 0.902. The molecule has 0 bridgehead atoms. The lowest BCUT2D eigenvalue weighted by Gasteiger charge is -2.27. The number of nitrogens with zero attached hydrogens (tertiary/aromatic N) is 2. The molecule has 1 aliphatic rings. The van der Waals surface area contributed by atoms with Crippen molar-refractivity contribution in [1.82, 2.24) is 4.90 Å². The Morgan fingerprint density at radius 2 is 2.05 bits per heavy atom. The Labute approximate surface area is 115 Å². The maximum absolute atomic E-state index is 13.6. The molecule has 1 saturated heterocycles. The Bertz CT molecular complexity index is 537. The van der Waals surface area contributed by atoms with E-state index in [1.54, 1.807) is 6.07 Å². The number of halogens is 1. The van der Waals surface area contributed by atoms with Crippen molar-refractivity contribution < 1.29 is 24.2 Å². The van der Waals surface area contributed by atoms with Crippen LogP contribution in [0.1, 0.15) is 6.42 Å². The fourth-order valence-corrected chi connectivity index (χ4v) is 2.28. The summed E-state index contributed by atoms with van der Waals surface area (Å²) in [7, 11) is 1.37. The average Bonchev–Trinajstić information content (AvgIpc) is 2.80. The molecule has 2 N–H and O–H groups in total. The fraction of sp³-hybridized carbons (Fsp3) is 0.385. The zero-order chi connectivity index (χ0) is 14.9. The highest BCUT2D eigenvalue weighted by atomic mass is 19.1. The van der Waals surface area contributed by atoms with Crippen molar-refractivity contribution in [3.63, 3.8) is 0 Å². The number of para-hydroxylation sites is 1. The predicted molar refractivity (Wildman–Crippen MR) is 69.0 cm³/mol. The van der Waals surface area contributed by atoms with Crippen molar-refractivity contribution >= 4 is 17.7 Å². The highest BCUT2D eigenvalue weighted by Crippen LogP contribution is 2.23. The van der Waals surface area contributed by atoms with Crippen molar-refractivity contribution in [1.29, 1.82) is 0 Å². The second-order valence-electron chi connectivity index (χ2n) is 4.69. The molecule has 6 nitrogen and oxygen atoms in total. The number of carboxylic acids is 1. The zero-order valence-corrected chi connectivity index (χ0v) is 10.9. The number of rotatable bonds is 2. The summed E-state index contributed by atoms with van der Waals surface area (Å²) in [6.07, 6.45) is -0.902. The summed E-state index contributed by atoms with van der Waals surface area (Å²) < 4.78 is 13.6. The number of aliphatic carboxylic acids is 1. The lowest BCUT2D eigenvalue weighted by atomic mass is 10.2. The third-order valence-electron chi connectivity index (χ3n) is 3.31. The number of likely N-dealkylation sites (tertiary alicyclic amines) is 1. The lowest BCUT2D eigenvalue weighted by Crippen LogP contribution is -2.47. The Balaban J connectivity index is 2.22. The van der Waals surface area contributed by atoms with Crippen LogP contribution < -0.4 is 4.90 Å². The van der Waals surface area contributed by atoms with E-state index < -0.39 is 30.0 Å². The molecule has 1 aliphatic heterocycles. The van der Waals surface area contributed by atoms with Crippen molar-refractivity contribution in [3.8, 4) is 0 Å². The second kappa shape index (κ2) is 5.46. The molecule has 1 fully saturated rings. The van der Waals surface area contributed by atoms with Gasteiger partial charge in [0.25, 0.3) is 0 Å². The first-order valence-corrected chi connectivity index (χ1v) is 6.11.